The van der Waals surface area contributed by atoms with Crippen molar-refractivity contribution in [2.75, 3.05) is 13.2 Å². The number of rotatable bonds is 46. The Morgan fingerprint density at radius 2 is 0.488 bits per heavy atom. The fraction of sp³-hybridized carbons (Fsp3) is 0.625. The van der Waals surface area contributed by atoms with Crippen molar-refractivity contribution in [1.29, 1.82) is 0 Å². The summed E-state index contributed by atoms with van der Waals surface area (Å²) in [6, 6.07) is 33.1. The molecule has 450 valence electrons. The summed E-state index contributed by atoms with van der Waals surface area (Å²) in [6.45, 7) is 15.6. The van der Waals surface area contributed by atoms with Gasteiger partial charge in [0.2, 0.25) is 0 Å². The molecule has 82 heavy (non-hydrogen) atoms. The molecule has 0 amide bonds. The Bertz CT molecular complexity index is 2690. The van der Waals surface area contributed by atoms with Gasteiger partial charge >= 0.3 is 0 Å². The Hall–Kier alpha value is -4.30. The predicted molar refractivity (Wildman–Crippen MR) is 366 cm³/mol. The topological polar surface area (TPSA) is 18.5 Å². The first-order chi connectivity index (χ1) is 40.4. The summed E-state index contributed by atoms with van der Waals surface area (Å²) in [5, 5.41) is 15.9. The maximum Gasteiger partial charge on any atom is 0.119 e. The van der Waals surface area contributed by atoms with E-state index in [1.807, 2.05) is 0 Å². The van der Waals surface area contributed by atoms with Crippen LogP contribution < -0.4 is 9.47 Å². The standard InChI is InChI=1S/C80H118O2/c1-7-11-15-19-23-27-29-33-37-41-45-65(43-39-35-31-25-21-17-13-9-3)61-81-69-47-49-71-67(59-69)57-63(5)79-75(71)53-51-73-74-52-54-76-72-50-48-70(60-68(72)58-64(6)80(76)78(74)56-55-77(73)79)82-62-66(44-40-36-32-26-22-18-14-10-4)46-42-38-34-30-28-24-20-16-12-8-2/h47-60,65-66H,7-46,61-62H2,1-6H3. The van der Waals surface area contributed by atoms with Crippen molar-refractivity contribution in [2.24, 2.45) is 11.8 Å². The van der Waals surface area contributed by atoms with Gasteiger partial charge in [-0.2, -0.15) is 0 Å². The van der Waals surface area contributed by atoms with E-state index in [0.717, 1.165) is 24.7 Å². The molecule has 0 fully saturated rings. The Labute approximate surface area is 502 Å². The number of hydrogen-bond donors (Lipinski definition) is 0. The van der Waals surface area contributed by atoms with E-state index in [1.54, 1.807) is 0 Å². The highest BCUT2D eigenvalue weighted by Gasteiger charge is 2.17. The lowest BCUT2D eigenvalue weighted by molar-refractivity contribution is 0.224. The number of aryl methyl sites for hydroxylation is 2. The van der Waals surface area contributed by atoms with Crippen molar-refractivity contribution in [3.63, 3.8) is 0 Å². The van der Waals surface area contributed by atoms with Crippen molar-refractivity contribution in [3.05, 3.63) is 96.1 Å². The van der Waals surface area contributed by atoms with Crippen LogP contribution in [0.3, 0.4) is 0 Å². The van der Waals surface area contributed by atoms with Gasteiger partial charge in [-0.25, -0.2) is 0 Å². The van der Waals surface area contributed by atoms with Crippen LogP contribution in [0.15, 0.2) is 84.9 Å². The van der Waals surface area contributed by atoms with Crippen LogP contribution >= 0.6 is 0 Å². The Morgan fingerprint density at radius 3 is 0.768 bits per heavy atom. The summed E-state index contributed by atoms with van der Waals surface area (Å²) in [5.74, 6) is 3.32. The first-order valence-corrected chi connectivity index (χ1v) is 35.4. The minimum atomic E-state index is 0.637. The lowest BCUT2D eigenvalue weighted by Gasteiger charge is -2.19. The second kappa shape index (κ2) is 37.9. The quantitative estimate of drug-likeness (QED) is 0.0280. The summed E-state index contributed by atoms with van der Waals surface area (Å²) >= 11 is 0. The number of hydrogen-bond acceptors (Lipinski definition) is 2. The molecule has 7 aromatic carbocycles. The Morgan fingerprint density at radius 1 is 0.256 bits per heavy atom. The molecule has 2 unspecified atom stereocenters. The van der Waals surface area contributed by atoms with E-state index in [2.05, 4.69) is 126 Å². The maximum absolute atomic E-state index is 6.76. The second-order valence-corrected chi connectivity index (χ2v) is 26.2. The zero-order valence-electron chi connectivity index (χ0n) is 53.8. The average Bonchev–Trinajstić information content (AvgIpc) is 3.40. The highest BCUT2D eigenvalue weighted by molar-refractivity contribution is 6.28. The molecule has 0 radical (unpaired) electrons. The van der Waals surface area contributed by atoms with Gasteiger partial charge in [-0.3, -0.25) is 0 Å². The number of unbranched alkanes of at least 4 members (excludes halogenated alkanes) is 32. The van der Waals surface area contributed by atoms with Crippen LogP contribution in [0, 0.1) is 25.7 Å². The molecular formula is C80H118O2. The Balaban J connectivity index is 1.00. The lowest BCUT2D eigenvalue weighted by atomic mass is 9.88. The van der Waals surface area contributed by atoms with Crippen molar-refractivity contribution in [1.82, 2.24) is 0 Å². The first kappa shape index (κ1) is 65.2. The predicted octanol–water partition coefficient (Wildman–Crippen LogP) is 26.9. The fourth-order valence-electron chi connectivity index (χ4n) is 14.1. The molecule has 0 saturated carbocycles. The molecule has 0 N–H and O–H groups in total. The van der Waals surface area contributed by atoms with Crippen LogP contribution in [0.25, 0.3) is 64.6 Å². The van der Waals surface area contributed by atoms with Gasteiger partial charge in [0.25, 0.3) is 0 Å². The molecule has 7 aromatic rings. The molecule has 7 rings (SSSR count). The van der Waals surface area contributed by atoms with Crippen LogP contribution in [0.4, 0.5) is 0 Å². The van der Waals surface area contributed by atoms with Gasteiger partial charge in [0, 0.05) is 0 Å². The van der Waals surface area contributed by atoms with E-state index < -0.39 is 0 Å². The third-order valence-electron chi connectivity index (χ3n) is 19.2. The smallest absolute Gasteiger partial charge is 0.119 e. The molecule has 0 spiro atoms. The first-order valence-electron chi connectivity index (χ1n) is 35.4. The summed E-state index contributed by atoms with van der Waals surface area (Å²) < 4.78 is 13.5. The molecule has 0 saturated heterocycles. The summed E-state index contributed by atoms with van der Waals surface area (Å²) in [6.07, 6.45) is 55.2. The molecule has 0 aromatic heterocycles. The van der Waals surface area contributed by atoms with Gasteiger partial charge in [-0.05, 0) is 151 Å². The van der Waals surface area contributed by atoms with E-state index in [9.17, 15) is 0 Å². The number of fused-ring (bicyclic) bond motifs is 11. The van der Waals surface area contributed by atoms with Crippen LogP contribution in [0.5, 0.6) is 11.5 Å². The summed E-state index contributed by atoms with van der Waals surface area (Å²) in [4.78, 5) is 0. The molecule has 2 heteroatoms. The van der Waals surface area contributed by atoms with Crippen LogP contribution in [-0.2, 0) is 0 Å². The van der Waals surface area contributed by atoms with E-state index in [4.69, 9.17) is 9.47 Å². The zero-order valence-corrected chi connectivity index (χ0v) is 53.8. The zero-order chi connectivity index (χ0) is 57.4. The summed E-state index contributed by atoms with van der Waals surface area (Å²) in [7, 11) is 0. The lowest BCUT2D eigenvalue weighted by Crippen LogP contribution is -2.12. The van der Waals surface area contributed by atoms with Crippen molar-refractivity contribution in [2.45, 2.75) is 298 Å². The number of ether oxygens (including phenoxy) is 2. The third-order valence-corrected chi connectivity index (χ3v) is 19.2. The van der Waals surface area contributed by atoms with Crippen molar-refractivity contribution in [3.8, 4) is 11.5 Å². The second-order valence-electron chi connectivity index (χ2n) is 26.2. The highest BCUT2D eigenvalue weighted by atomic mass is 16.5. The SMILES string of the molecule is CCCCCCCCCCCCC(CCCCCCCCCC)COc1ccc2c(c1)cc(C)c1c2ccc2c3ccc4c5ccc(OCC(CCCCCCCCCC)CCCCCCCCCCCC)cc5cc(C)c4c3ccc21. The van der Waals surface area contributed by atoms with Gasteiger partial charge in [0.05, 0.1) is 13.2 Å². The molecular weight excluding hydrogens is 993 g/mol. The minimum Gasteiger partial charge on any atom is -0.493 e. The molecule has 0 bridgehead atoms. The summed E-state index contributed by atoms with van der Waals surface area (Å²) in [5.41, 5.74) is 2.66. The third kappa shape index (κ3) is 20.7. The van der Waals surface area contributed by atoms with E-state index >= 15 is 0 Å². The van der Waals surface area contributed by atoms with Gasteiger partial charge in [0.15, 0.2) is 0 Å². The average molecular weight is 1110 g/mol. The minimum absolute atomic E-state index is 0.637. The normalized spacial score (nSPS) is 12.8. The molecule has 2 atom stereocenters. The van der Waals surface area contributed by atoms with Gasteiger partial charge in [-0.1, -0.05) is 320 Å². The van der Waals surface area contributed by atoms with Crippen molar-refractivity contribution >= 4 is 64.6 Å². The van der Waals surface area contributed by atoms with Crippen LogP contribution in [0.2, 0.25) is 0 Å². The molecule has 0 aliphatic carbocycles. The molecule has 0 aliphatic rings. The van der Waals surface area contributed by atoms with Crippen LogP contribution in [0.1, 0.15) is 296 Å². The van der Waals surface area contributed by atoms with Gasteiger partial charge in [0.1, 0.15) is 11.5 Å². The van der Waals surface area contributed by atoms with E-state index in [1.165, 1.54) is 333 Å². The van der Waals surface area contributed by atoms with E-state index in [-0.39, 0.29) is 0 Å². The maximum atomic E-state index is 6.76. The Kier molecular flexibility index (Phi) is 30.2. The van der Waals surface area contributed by atoms with Gasteiger partial charge < -0.3 is 9.47 Å². The van der Waals surface area contributed by atoms with Crippen LogP contribution in [-0.4, -0.2) is 13.2 Å². The van der Waals surface area contributed by atoms with Gasteiger partial charge in [-0.15, -0.1) is 0 Å². The van der Waals surface area contributed by atoms with E-state index in [0.29, 0.717) is 11.8 Å². The molecule has 0 aliphatic heterocycles. The monoisotopic (exact) mass is 1110 g/mol. The fourth-order valence-corrected chi connectivity index (χ4v) is 14.1. The van der Waals surface area contributed by atoms with Crippen molar-refractivity contribution < 1.29 is 9.47 Å². The number of benzene rings is 7. The molecule has 0 heterocycles. The molecule has 2 nitrogen and oxygen atoms in total. The largest absolute Gasteiger partial charge is 0.493 e. The highest BCUT2D eigenvalue weighted by Crippen LogP contribution is 2.42.